The number of ether oxygens (including phenoxy) is 2. The smallest absolute Gasteiger partial charge is 0.320 e. The predicted octanol–water partition coefficient (Wildman–Crippen LogP) is 3.08. The fourth-order valence-electron chi connectivity index (χ4n) is 3.30. The second-order valence-corrected chi connectivity index (χ2v) is 5.54. The first kappa shape index (κ1) is 16.5. The number of amides is 2. The highest BCUT2D eigenvalue weighted by Crippen LogP contribution is 2.45. The zero-order chi connectivity index (χ0) is 17.0. The van der Waals surface area contributed by atoms with Crippen molar-refractivity contribution in [1.29, 1.82) is 0 Å². The quantitative estimate of drug-likeness (QED) is 0.857. The van der Waals surface area contributed by atoms with Gasteiger partial charge >= 0.3 is 6.03 Å². The molecule has 3 rings (SSSR count). The molecule has 1 fully saturated rings. The van der Waals surface area contributed by atoms with E-state index in [-0.39, 0.29) is 6.03 Å². The summed E-state index contributed by atoms with van der Waals surface area (Å²) in [6.07, 6.45) is 0. The van der Waals surface area contributed by atoms with Crippen LogP contribution in [0.15, 0.2) is 60.7 Å². The van der Waals surface area contributed by atoms with Crippen molar-refractivity contribution in [3.63, 3.8) is 0 Å². The van der Waals surface area contributed by atoms with Crippen LogP contribution in [0.25, 0.3) is 0 Å². The molecule has 1 aliphatic rings. The molecule has 2 aromatic carbocycles. The van der Waals surface area contributed by atoms with Gasteiger partial charge in [-0.15, -0.1) is 0 Å². The second-order valence-electron chi connectivity index (χ2n) is 5.54. The van der Waals surface area contributed by atoms with Crippen molar-refractivity contribution in [2.75, 3.05) is 13.2 Å². The second kappa shape index (κ2) is 6.63. The Hall–Kier alpha value is -2.37. The summed E-state index contributed by atoms with van der Waals surface area (Å²) >= 11 is 0. The Labute approximate surface area is 142 Å². The van der Waals surface area contributed by atoms with Gasteiger partial charge in [-0.2, -0.15) is 0 Å². The van der Waals surface area contributed by atoms with Crippen LogP contribution in [-0.4, -0.2) is 19.2 Å². The molecule has 0 aliphatic carbocycles. The van der Waals surface area contributed by atoms with Crippen LogP contribution in [0.4, 0.5) is 4.79 Å². The number of hydrogen-bond donors (Lipinski definition) is 2. The van der Waals surface area contributed by atoms with Crippen LogP contribution in [0.2, 0.25) is 0 Å². The van der Waals surface area contributed by atoms with E-state index in [9.17, 15) is 4.79 Å². The molecule has 0 saturated carbocycles. The molecule has 2 atom stereocenters. The molecule has 2 N–H and O–H groups in total. The first-order valence-corrected chi connectivity index (χ1v) is 8.18. The summed E-state index contributed by atoms with van der Waals surface area (Å²) in [5.41, 5.74) is -0.667. The number of nitrogens with one attached hydrogen (secondary N) is 2. The molecule has 0 radical (unpaired) electrons. The maximum Gasteiger partial charge on any atom is 0.320 e. The van der Waals surface area contributed by atoms with Gasteiger partial charge in [-0.05, 0) is 13.8 Å². The third kappa shape index (κ3) is 2.46. The lowest BCUT2D eigenvalue weighted by molar-refractivity contribution is -0.222. The average molecular weight is 326 g/mol. The van der Waals surface area contributed by atoms with Crippen LogP contribution >= 0.6 is 0 Å². The van der Waals surface area contributed by atoms with Gasteiger partial charge in [-0.1, -0.05) is 60.7 Å². The molecule has 24 heavy (non-hydrogen) atoms. The third-order valence-corrected chi connectivity index (χ3v) is 4.16. The largest absolute Gasteiger partial charge is 0.347 e. The van der Waals surface area contributed by atoms with E-state index in [1.807, 2.05) is 74.5 Å². The minimum atomic E-state index is -1.16. The Morgan fingerprint density at radius 1 is 0.750 bits per heavy atom. The van der Waals surface area contributed by atoms with Gasteiger partial charge in [-0.25, -0.2) is 4.79 Å². The van der Waals surface area contributed by atoms with Crippen LogP contribution in [0, 0.1) is 0 Å². The monoisotopic (exact) mass is 326 g/mol. The summed E-state index contributed by atoms with van der Waals surface area (Å²) in [7, 11) is 0. The summed E-state index contributed by atoms with van der Waals surface area (Å²) in [5.74, 6) is 0. The van der Waals surface area contributed by atoms with Gasteiger partial charge in [0.2, 0.25) is 11.4 Å². The number of rotatable bonds is 6. The van der Waals surface area contributed by atoms with E-state index in [2.05, 4.69) is 10.6 Å². The van der Waals surface area contributed by atoms with Crippen LogP contribution in [0.1, 0.15) is 25.0 Å². The lowest BCUT2D eigenvalue weighted by Gasteiger charge is -2.43. The standard InChI is InChI=1S/C19H22N2O3/c1-3-23-18(15-11-7-5-8-12-15)19(24-4-2,21-17(22)20-18)16-13-9-6-10-14-16/h5-14H,3-4H2,1-2H3,(H2,20,21,22)/t18-,19-/m1/s1. The van der Waals surface area contributed by atoms with E-state index in [4.69, 9.17) is 9.47 Å². The number of carbonyl (C=O) groups excluding carboxylic acids is 1. The summed E-state index contributed by atoms with van der Waals surface area (Å²) in [6.45, 7) is 4.63. The van der Waals surface area contributed by atoms with Crippen molar-refractivity contribution in [2.45, 2.75) is 25.3 Å². The van der Waals surface area contributed by atoms with Crippen molar-refractivity contribution < 1.29 is 14.3 Å². The SMILES string of the molecule is CCO[C@@]1(c2ccccc2)NC(=O)N[C@@]1(OCC)c1ccccc1. The number of urea groups is 1. The Morgan fingerprint density at radius 3 is 1.46 bits per heavy atom. The van der Waals surface area contributed by atoms with Crippen molar-refractivity contribution in [3.8, 4) is 0 Å². The third-order valence-electron chi connectivity index (χ3n) is 4.16. The highest BCUT2D eigenvalue weighted by molar-refractivity contribution is 5.80. The van der Waals surface area contributed by atoms with E-state index in [1.54, 1.807) is 0 Å². The summed E-state index contributed by atoms with van der Waals surface area (Å²) < 4.78 is 12.3. The van der Waals surface area contributed by atoms with Crippen molar-refractivity contribution in [3.05, 3.63) is 71.8 Å². The van der Waals surface area contributed by atoms with Crippen LogP contribution < -0.4 is 10.6 Å². The maximum atomic E-state index is 12.4. The normalized spacial score (nSPS) is 26.0. The molecule has 126 valence electrons. The lowest BCUT2D eigenvalue weighted by Crippen LogP contribution is -2.58. The van der Waals surface area contributed by atoms with E-state index < -0.39 is 11.4 Å². The van der Waals surface area contributed by atoms with Crippen molar-refractivity contribution >= 4 is 6.03 Å². The van der Waals surface area contributed by atoms with Crippen LogP contribution in [-0.2, 0) is 20.9 Å². The van der Waals surface area contributed by atoms with Gasteiger partial charge in [-0.3, -0.25) is 0 Å². The Kier molecular flexibility index (Phi) is 4.55. The van der Waals surface area contributed by atoms with Gasteiger partial charge in [0.1, 0.15) is 0 Å². The van der Waals surface area contributed by atoms with Gasteiger partial charge in [0.05, 0.1) is 0 Å². The molecule has 0 spiro atoms. The minimum Gasteiger partial charge on any atom is -0.347 e. The van der Waals surface area contributed by atoms with E-state index in [0.29, 0.717) is 13.2 Å². The molecule has 5 nitrogen and oxygen atoms in total. The average Bonchev–Trinajstić information content (AvgIpc) is 2.90. The number of carbonyl (C=O) groups is 1. The van der Waals surface area contributed by atoms with Gasteiger partial charge in [0.25, 0.3) is 0 Å². The molecule has 1 aliphatic heterocycles. The first-order chi connectivity index (χ1) is 11.7. The van der Waals surface area contributed by atoms with Crippen LogP contribution in [0.3, 0.4) is 0 Å². The van der Waals surface area contributed by atoms with E-state index >= 15 is 0 Å². The fourth-order valence-corrected chi connectivity index (χ4v) is 3.30. The first-order valence-electron chi connectivity index (χ1n) is 8.18. The van der Waals surface area contributed by atoms with Crippen LogP contribution in [0.5, 0.6) is 0 Å². The summed E-state index contributed by atoms with van der Waals surface area (Å²) in [6, 6.07) is 18.9. The summed E-state index contributed by atoms with van der Waals surface area (Å²) in [4.78, 5) is 12.4. The predicted molar refractivity (Wildman–Crippen MR) is 91.2 cm³/mol. The molecule has 0 aromatic heterocycles. The van der Waals surface area contributed by atoms with Gasteiger partial charge in [0, 0.05) is 24.3 Å². The molecular weight excluding hydrogens is 304 g/mol. The Bertz CT molecular complexity index is 633. The van der Waals surface area contributed by atoms with Crippen molar-refractivity contribution in [1.82, 2.24) is 10.6 Å². The molecular formula is C19H22N2O3. The number of benzene rings is 2. The van der Waals surface area contributed by atoms with Crippen molar-refractivity contribution in [2.24, 2.45) is 0 Å². The molecule has 5 heteroatoms. The molecule has 1 saturated heterocycles. The molecule has 2 aromatic rings. The highest BCUT2D eigenvalue weighted by atomic mass is 16.6. The van der Waals surface area contributed by atoms with Gasteiger partial charge < -0.3 is 20.1 Å². The topological polar surface area (TPSA) is 59.6 Å². The summed E-state index contributed by atoms with van der Waals surface area (Å²) in [5, 5.41) is 5.92. The molecule has 2 amide bonds. The van der Waals surface area contributed by atoms with Gasteiger partial charge in [0.15, 0.2) is 0 Å². The van der Waals surface area contributed by atoms with E-state index in [0.717, 1.165) is 11.1 Å². The minimum absolute atomic E-state index is 0.329. The zero-order valence-electron chi connectivity index (χ0n) is 13.9. The fraction of sp³-hybridized carbons (Fsp3) is 0.316. The zero-order valence-corrected chi connectivity index (χ0v) is 13.9. The lowest BCUT2D eigenvalue weighted by atomic mass is 9.86. The molecule has 0 bridgehead atoms. The maximum absolute atomic E-state index is 12.4. The Morgan fingerprint density at radius 2 is 1.12 bits per heavy atom. The molecule has 0 unspecified atom stereocenters. The highest BCUT2D eigenvalue weighted by Gasteiger charge is 2.63. The Balaban J connectivity index is 2.25. The number of hydrogen-bond acceptors (Lipinski definition) is 3. The van der Waals surface area contributed by atoms with E-state index in [1.165, 1.54) is 0 Å². The molecule has 1 heterocycles.